The van der Waals surface area contributed by atoms with Gasteiger partial charge < -0.3 is 4.90 Å². The summed E-state index contributed by atoms with van der Waals surface area (Å²) in [6.07, 6.45) is 8.92. The van der Waals surface area contributed by atoms with Gasteiger partial charge in [-0.25, -0.2) is 4.90 Å². The van der Waals surface area contributed by atoms with Crippen LogP contribution in [0.5, 0.6) is 0 Å². The number of hydrogen-bond acceptors (Lipinski definition) is 1. The quantitative estimate of drug-likeness (QED) is 0.764. The Labute approximate surface area is 123 Å². The summed E-state index contributed by atoms with van der Waals surface area (Å²) in [6.45, 7) is 8.96. The van der Waals surface area contributed by atoms with Crippen molar-refractivity contribution in [3.63, 3.8) is 0 Å². The van der Waals surface area contributed by atoms with E-state index in [4.69, 9.17) is 11.6 Å². The van der Waals surface area contributed by atoms with Crippen molar-refractivity contribution in [2.24, 2.45) is 11.8 Å². The predicted molar refractivity (Wildman–Crippen MR) is 80.6 cm³/mol. The molecule has 0 aromatic carbocycles. The van der Waals surface area contributed by atoms with E-state index < -0.39 is 0 Å². The van der Waals surface area contributed by atoms with E-state index >= 15 is 0 Å². The minimum Gasteiger partial charge on any atom is -0.316 e. The molecule has 19 heavy (non-hydrogen) atoms. The Morgan fingerprint density at radius 2 is 2.00 bits per heavy atom. The van der Waals surface area contributed by atoms with E-state index in [1.165, 1.54) is 58.2 Å². The minimum absolute atomic E-state index is 0.455. The summed E-state index contributed by atoms with van der Waals surface area (Å²) in [6, 6.07) is 0.821. The van der Waals surface area contributed by atoms with Crippen LogP contribution in [-0.4, -0.2) is 42.1 Å². The fraction of sp³-hybridized carbons (Fsp3) is 1.00. The van der Waals surface area contributed by atoms with E-state index in [2.05, 4.69) is 18.7 Å². The molecule has 3 heteroatoms. The predicted octanol–water partition coefficient (Wildman–Crippen LogP) is 2.13. The van der Waals surface area contributed by atoms with Gasteiger partial charge in [-0.1, -0.05) is 13.3 Å². The number of nitrogens with zero attached hydrogens (tertiary/aromatic N) is 1. The normalized spacial score (nSPS) is 48.2. The molecular formula is C16H30ClN2+. The maximum atomic E-state index is 6.38. The van der Waals surface area contributed by atoms with Crippen LogP contribution in [0, 0.1) is 11.8 Å². The third kappa shape index (κ3) is 2.96. The molecule has 1 saturated carbocycles. The van der Waals surface area contributed by atoms with Gasteiger partial charge in [-0.05, 0) is 39.0 Å². The number of piperidine rings is 1. The summed E-state index contributed by atoms with van der Waals surface area (Å²) >= 11 is 6.38. The smallest absolute Gasteiger partial charge is 0.146 e. The molecule has 3 rings (SSSR count). The van der Waals surface area contributed by atoms with Crippen LogP contribution in [-0.2, 0) is 0 Å². The largest absolute Gasteiger partial charge is 0.316 e. The van der Waals surface area contributed by atoms with Crippen molar-refractivity contribution >= 4 is 11.6 Å². The van der Waals surface area contributed by atoms with Crippen molar-refractivity contribution in [2.45, 2.75) is 70.0 Å². The Hall–Kier alpha value is 0.210. The molecule has 6 atom stereocenters. The number of hydrogen-bond donors (Lipinski definition) is 1. The highest BCUT2D eigenvalue weighted by atomic mass is 35.5. The molecule has 2 aliphatic heterocycles. The van der Waals surface area contributed by atoms with Gasteiger partial charge >= 0.3 is 0 Å². The summed E-state index contributed by atoms with van der Waals surface area (Å²) in [5.41, 5.74) is 0. The molecule has 2 saturated heterocycles. The van der Waals surface area contributed by atoms with Crippen molar-refractivity contribution in [1.29, 1.82) is 0 Å². The molecule has 0 aromatic rings. The first-order valence-electron chi connectivity index (χ1n) is 8.39. The Balaban J connectivity index is 1.65. The van der Waals surface area contributed by atoms with E-state index in [-0.39, 0.29) is 0 Å². The topological polar surface area (TPSA) is 7.68 Å². The second-order valence-corrected chi connectivity index (χ2v) is 7.99. The highest BCUT2D eigenvalue weighted by Gasteiger charge is 2.46. The van der Waals surface area contributed by atoms with Crippen LogP contribution in [0.15, 0.2) is 0 Å². The number of rotatable bonds is 2. The van der Waals surface area contributed by atoms with Crippen molar-refractivity contribution in [2.75, 3.05) is 19.6 Å². The van der Waals surface area contributed by atoms with Gasteiger partial charge in [0.2, 0.25) is 0 Å². The highest BCUT2D eigenvalue weighted by Crippen LogP contribution is 2.28. The first-order valence-corrected chi connectivity index (χ1v) is 8.82. The van der Waals surface area contributed by atoms with E-state index in [0.29, 0.717) is 5.38 Å². The molecule has 3 fully saturated rings. The number of alkyl halides is 1. The van der Waals surface area contributed by atoms with Crippen LogP contribution in [0.3, 0.4) is 0 Å². The summed E-state index contributed by atoms with van der Waals surface area (Å²) < 4.78 is 0. The first-order chi connectivity index (χ1) is 9.15. The lowest BCUT2D eigenvalue weighted by Gasteiger charge is -2.38. The van der Waals surface area contributed by atoms with E-state index in [9.17, 15) is 0 Å². The summed E-state index contributed by atoms with van der Waals surface area (Å²) in [4.78, 5) is 4.65. The molecule has 0 radical (unpaired) electrons. The van der Waals surface area contributed by atoms with Gasteiger partial charge in [-0.2, -0.15) is 0 Å². The van der Waals surface area contributed by atoms with Crippen molar-refractivity contribution in [1.82, 2.24) is 4.90 Å². The van der Waals surface area contributed by atoms with Gasteiger partial charge in [0, 0.05) is 23.8 Å². The lowest BCUT2D eigenvalue weighted by Crippen LogP contribution is -3.19. The molecule has 1 aliphatic carbocycles. The standard InChI is InChI=1S/C16H29ClN2/c1-12-5-4-8-18-10-13(2)19(16(12)18)11-14-6-3-7-15(17)9-14/h12-16H,3-11H2,1-2H3/p+1. The molecule has 110 valence electrons. The van der Waals surface area contributed by atoms with Crippen LogP contribution in [0.1, 0.15) is 52.4 Å². The summed E-state index contributed by atoms with van der Waals surface area (Å²) in [7, 11) is 0. The van der Waals surface area contributed by atoms with Crippen LogP contribution in [0.2, 0.25) is 0 Å². The Morgan fingerprint density at radius 3 is 2.79 bits per heavy atom. The number of quaternary nitrogens is 1. The van der Waals surface area contributed by atoms with E-state index in [1.54, 1.807) is 0 Å². The SMILES string of the molecule is CC1CCCN2CC(C)[NH+](CC3CCCC(Cl)C3)C12. The fourth-order valence-electron chi connectivity index (χ4n) is 4.90. The van der Waals surface area contributed by atoms with Gasteiger partial charge in [0.25, 0.3) is 0 Å². The average Bonchev–Trinajstić information content (AvgIpc) is 2.67. The number of nitrogens with one attached hydrogen (secondary N) is 1. The molecular weight excluding hydrogens is 256 g/mol. The van der Waals surface area contributed by atoms with Gasteiger partial charge in [0.1, 0.15) is 6.17 Å². The lowest BCUT2D eigenvalue weighted by atomic mass is 9.87. The molecule has 2 nitrogen and oxygen atoms in total. The third-order valence-electron chi connectivity index (χ3n) is 5.80. The van der Waals surface area contributed by atoms with Crippen LogP contribution < -0.4 is 4.90 Å². The molecule has 1 N–H and O–H groups in total. The second-order valence-electron chi connectivity index (χ2n) is 7.37. The second kappa shape index (κ2) is 5.91. The summed E-state index contributed by atoms with van der Waals surface area (Å²) in [5, 5.41) is 0.455. The van der Waals surface area contributed by atoms with Crippen molar-refractivity contribution < 1.29 is 4.90 Å². The first kappa shape index (κ1) is 14.2. The van der Waals surface area contributed by atoms with Crippen LogP contribution in [0.25, 0.3) is 0 Å². The highest BCUT2D eigenvalue weighted by molar-refractivity contribution is 6.20. The zero-order chi connectivity index (χ0) is 13.4. The molecule has 0 spiro atoms. The zero-order valence-corrected chi connectivity index (χ0v) is 13.3. The third-order valence-corrected chi connectivity index (χ3v) is 6.20. The Kier molecular flexibility index (Phi) is 4.40. The van der Waals surface area contributed by atoms with E-state index in [0.717, 1.165) is 24.0 Å². The van der Waals surface area contributed by atoms with Crippen LogP contribution >= 0.6 is 11.6 Å². The fourth-order valence-corrected chi connectivity index (χ4v) is 5.31. The number of halogens is 1. The van der Waals surface area contributed by atoms with Gasteiger partial charge in [0.05, 0.1) is 19.1 Å². The van der Waals surface area contributed by atoms with Crippen molar-refractivity contribution in [3.05, 3.63) is 0 Å². The van der Waals surface area contributed by atoms with Gasteiger partial charge in [0.15, 0.2) is 0 Å². The summed E-state index contributed by atoms with van der Waals surface area (Å²) in [5.74, 6) is 1.76. The van der Waals surface area contributed by atoms with Crippen LogP contribution in [0.4, 0.5) is 0 Å². The zero-order valence-electron chi connectivity index (χ0n) is 12.6. The van der Waals surface area contributed by atoms with E-state index in [1.807, 2.05) is 4.90 Å². The lowest BCUT2D eigenvalue weighted by molar-refractivity contribution is -0.946. The number of fused-ring (bicyclic) bond motifs is 1. The minimum atomic E-state index is 0.455. The Morgan fingerprint density at radius 1 is 1.16 bits per heavy atom. The van der Waals surface area contributed by atoms with Gasteiger partial charge in [-0.3, -0.25) is 0 Å². The molecule has 2 heterocycles. The molecule has 0 amide bonds. The average molecular weight is 286 g/mol. The maximum Gasteiger partial charge on any atom is 0.146 e. The molecule has 6 unspecified atom stereocenters. The monoisotopic (exact) mass is 285 g/mol. The maximum absolute atomic E-state index is 6.38. The van der Waals surface area contributed by atoms with Crippen molar-refractivity contribution in [3.8, 4) is 0 Å². The Bertz CT molecular complexity index is 309. The molecule has 0 bridgehead atoms. The molecule has 3 aliphatic rings. The molecule has 0 aromatic heterocycles. The van der Waals surface area contributed by atoms with Gasteiger partial charge in [-0.15, -0.1) is 11.6 Å².